The number of hydrogen-bond acceptors (Lipinski definition) is 5. The van der Waals surface area contributed by atoms with Gasteiger partial charge < -0.3 is 14.9 Å². The van der Waals surface area contributed by atoms with E-state index in [1.165, 1.54) is 12.4 Å². The molecule has 1 aliphatic carbocycles. The number of alkyl halides is 3. The van der Waals surface area contributed by atoms with Gasteiger partial charge in [-0.1, -0.05) is 17.3 Å². The lowest BCUT2D eigenvalue weighted by Crippen LogP contribution is -2.25. The molecule has 0 bridgehead atoms. The Hall–Kier alpha value is -3.64. The summed E-state index contributed by atoms with van der Waals surface area (Å²) in [6, 6.07) is 6.78. The first-order valence-electron chi connectivity index (χ1n) is 10.5. The standard InChI is InChI=1S/C23H19F7N2O4/c1-10(21(33)31-20-18(26)16(24)15(23(28,29)30)17(25)19(20)27)32-36-14-8-7-13(9-14)11-3-5-12(6-4-11)22(34)35-2/h3-6,13-14H,7-9H2,1-2H3,(H,31,33)/b32-10+. The lowest BCUT2D eigenvalue weighted by atomic mass is 9.96. The highest BCUT2D eigenvalue weighted by atomic mass is 19.4. The third-order valence-electron chi connectivity index (χ3n) is 5.64. The third-order valence-corrected chi connectivity index (χ3v) is 5.64. The van der Waals surface area contributed by atoms with E-state index >= 15 is 0 Å². The minimum atomic E-state index is -5.70. The fraction of sp³-hybridized carbons (Fsp3) is 0.348. The van der Waals surface area contributed by atoms with Crippen molar-refractivity contribution >= 4 is 23.3 Å². The molecule has 0 aliphatic heterocycles. The number of methoxy groups -OCH3 is 1. The van der Waals surface area contributed by atoms with Crippen LogP contribution in [0.4, 0.5) is 36.4 Å². The second-order valence-electron chi connectivity index (χ2n) is 7.99. The average Bonchev–Trinajstić information content (AvgIpc) is 3.31. The summed E-state index contributed by atoms with van der Waals surface area (Å²) >= 11 is 0. The molecule has 13 heteroatoms. The molecule has 1 N–H and O–H groups in total. The van der Waals surface area contributed by atoms with Crippen molar-refractivity contribution in [2.75, 3.05) is 12.4 Å². The zero-order valence-electron chi connectivity index (χ0n) is 18.8. The monoisotopic (exact) mass is 520 g/mol. The van der Waals surface area contributed by atoms with Crippen LogP contribution >= 0.6 is 0 Å². The number of anilines is 1. The number of esters is 1. The normalized spacial score (nSPS) is 18.2. The van der Waals surface area contributed by atoms with E-state index in [9.17, 15) is 40.3 Å². The summed E-state index contributed by atoms with van der Waals surface area (Å²) in [7, 11) is 1.27. The van der Waals surface area contributed by atoms with E-state index < -0.39 is 64.4 Å². The molecule has 2 aromatic rings. The van der Waals surface area contributed by atoms with Gasteiger partial charge in [0.1, 0.15) is 23.1 Å². The Morgan fingerprint density at radius 2 is 1.56 bits per heavy atom. The highest BCUT2D eigenvalue weighted by Crippen LogP contribution is 2.39. The summed E-state index contributed by atoms with van der Waals surface area (Å²) in [5.41, 5.74) is -3.65. The first-order chi connectivity index (χ1) is 16.8. The Morgan fingerprint density at radius 1 is 0.972 bits per heavy atom. The number of nitrogens with zero attached hydrogens (tertiary/aromatic N) is 1. The molecule has 0 heterocycles. The van der Waals surface area contributed by atoms with Crippen LogP contribution in [0.5, 0.6) is 0 Å². The number of amides is 1. The lowest BCUT2D eigenvalue weighted by molar-refractivity contribution is -0.143. The van der Waals surface area contributed by atoms with Gasteiger partial charge in [-0.2, -0.15) is 13.2 Å². The molecule has 0 aromatic heterocycles. The van der Waals surface area contributed by atoms with Crippen LogP contribution in [0, 0.1) is 23.3 Å². The summed E-state index contributed by atoms with van der Waals surface area (Å²) < 4.78 is 98.1. The maximum atomic E-state index is 14.0. The fourth-order valence-electron chi connectivity index (χ4n) is 3.74. The zero-order chi connectivity index (χ0) is 26.8. The predicted molar refractivity (Wildman–Crippen MR) is 112 cm³/mol. The molecule has 2 unspecified atom stereocenters. The molecule has 194 valence electrons. The van der Waals surface area contributed by atoms with Gasteiger partial charge in [0, 0.05) is 0 Å². The first-order valence-corrected chi connectivity index (χ1v) is 10.5. The third kappa shape index (κ3) is 5.60. The minimum absolute atomic E-state index is 0.0623. The number of carbonyl (C=O) groups is 2. The molecule has 1 fully saturated rings. The van der Waals surface area contributed by atoms with Crippen molar-refractivity contribution in [3.63, 3.8) is 0 Å². The molecule has 0 saturated heterocycles. The van der Waals surface area contributed by atoms with Crippen molar-refractivity contribution in [1.82, 2.24) is 0 Å². The molecular formula is C23H19F7N2O4. The van der Waals surface area contributed by atoms with Gasteiger partial charge in [-0.15, -0.1) is 0 Å². The van der Waals surface area contributed by atoms with Gasteiger partial charge in [0.2, 0.25) is 0 Å². The number of nitrogens with one attached hydrogen (secondary N) is 1. The molecular weight excluding hydrogens is 501 g/mol. The summed E-state index contributed by atoms with van der Waals surface area (Å²) in [6.07, 6.45) is -4.41. The van der Waals surface area contributed by atoms with E-state index in [1.807, 2.05) is 0 Å². The number of halogens is 7. The van der Waals surface area contributed by atoms with Crippen LogP contribution in [0.25, 0.3) is 0 Å². The Labute approximate surface area is 200 Å². The summed E-state index contributed by atoms with van der Waals surface area (Å²) in [4.78, 5) is 29.0. The molecule has 1 aliphatic rings. The van der Waals surface area contributed by atoms with Crippen LogP contribution in [0.3, 0.4) is 0 Å². The van der Waals surface area contributed by atoms with Gasteiger partial charge in [-0.3, -0.25) is 4.79 Å². The largest absolute Gasteiger partial charge is 0.465 e. The average molecular weight is 520 g/mol. The van der Waals surface area contributed by atoms with Crippen molar-refractivity contribution < 1.29 is 49.9 Å². The zero-order valence-corrected chi connectivity index (χ0v) is 18.8. The van der Waals surface area contributed by atoms with Gasteiger partial charge in [0.25, 0.3) is 5.91 Å². The van der Waals surface area contributed by atoms with Gasteiger partial charge >= 0.3 is 12.1 Å². The first kappa shape index (κ1) is 27.0. The lowest BCUT2D eigenvalue weighted by Gasteiger charge is -2.15. The second kappa shape index (κ2) is 10.5. The SMILES string of the molecule is COC(=O)c1ccc(C2CCC(O/N=C(\C)C(=O)Nc3c(F)c(F)c(C(F)(F)F)c(F)c3F)C2)cc1. The Morgan fingerprint density at radius 3 is 2.08 bits per heavy atom. The smallest absolute Gasteiger partial charge is 0.422 e. The number of oxime groups is 1. The quantitative estimate of drug-likeness (QED) is 0.174. The molecule has 36 heavy (non-hydrogen) atoms. The molecule has 6 nitrogen and oxygen atoms in total. The summed E-state index contributed by atoms with van der Waals surface area (Å²) in [6.45, 7) is 1.07. The molecule has 1 amide bonds. The van der Waals surface area contributed by atoms with Crippen molar-refractivity contribution in [2.45, 2.75) is 44.4 Å². The van der Waals surface area contributed by atoms with Crippen molar-refractivity contribution in [3.05, 3.63) is 64.2 Å². The number of rotatable bonds is 6. The van der Waals surface area contributed by atoms with E-state index in [4.69, 9.17) is 4.84 Å². The molecule has 0 radical (unpaired) electrons. The summed E-state index contributed by atoms with van der Waals surface area (Å²) in [5.74, 6) is -12.0. The Bertz CT molecular complexity index is 1170. The van der Waals surface area contributed by atoms with Gasteiger partial charge in [0.05, 0.1) is 12.7 Å². The van der Waals surface area contributed by atoms with Crippen LogP contribution in [0.2, 0.25) is 0 Å². The van der Waals surface area contributed by atoms with E-state index in [2.05, 4.69) is 9.89 Å². The topological polar surface area (TPSA) is 77.0 Å². The van der Waals surface area contributed by atoms with Gasteiger partial charge in [-0.25, -0.2) is 22.4 Å². The minimum Gasteiger partial charge on any atom is -0.465 e. The maximum absolute atomic E-state index is 14.0. The van der Waals surface area contributed by atoms with E-state index in [0.29, 0.717) is 24.8 Å². The highest BCUT2D eigenvalue weighted by molar-refractivity contribution is 6.42. The Kier molecular flexibility index (Phi) is 7.89. The molecule has 1 saturated carbocycles. The van der Waals surface area contributed by atoms with Crippen molar-refractivity contribution in [1.29, 1.82) is 0 Å². The number of benzene rings is 2. The van der Waals surface area contributed by atoms with Crippen LogP contribution in [-0.4, -0.2) is 30.8 Å². The van der Waals surface area contributed by atoms with Crippen LogP contribution in [0.1, 0.15) is 53.6 Å². The number of hydrogen-bond donors (Lipinski definition) is 1. The van der Waals surface area contributed by atoms with Crippen LogP contribution in [0.15, 0.2) is 29.4 Å². The number of ether oxygens (including phenoxy) is 1. The number of carbonyl (C=O) groups excluding carboxylic acids is 2. The molecule has 3 rings (SSSR count). The van der Waals surface area contributed by atoms with Crippen LogP contribution < -0.4 is 5.32 Å². The molecule has 2 aromatic carbocycles. The van der Waals surface area contributed by atoms with Crippen molar-refractivity contribution in [3.8, 4) is 0 Å². The van der Waals surface area contributed by atoms with Gasteiger partial charge in [0.15, 0.2) is 23.3 Å². The molecule has 2 atom stereocenters. The van der Waals surface area contributed by atoms with E-state index in [0.717, 1.165) is 12.5 Å². The maximum Gasteiger partial charge on any atom is 0.422 e. The van der Waals surface area contributed by atoms with Crippen LogP contribution in [-0.2, 0) is 20.5 Å². The van der Waals surface area contributed by atoms with Crippen molar-refractivity contribution in [2.24, 2.45) is 5.16 Å². The highest BCUT2D eigenvalue weighted by Gasteiger charge is 2.42. The van der Waals surface area contributed by atoms with E-state index in [1.54, 1.807) is 24.3 Å². The van der Waals surface area contributed by atoms with Gasteiger partial charge in [-0.05, 0) is 49.8 Å². The Balaban J connectivity index is 1.65. The fourth-order valence-corrected chi connectivity index (χ4v) is 3.74. The predicted octanol–water partition coefficient (Wildman–Crippen LogP) is 5.72. The molecule has 0 spiro atoms. The summed E-state index contributed by atoms with van der Waals surface area (Å²) in [5, 5.41) is 5.05. The van der Waals surface area contributed by atoms with E-state index in [-0.39, 0.29) is 5.92 Å². The second-order valence-corrected chi connectivity index (χ2v) is 7.99.